The van der Waals surface area contributed by atoms with Crippen LogP contribution in [-0.4, -0.2) is 77.4 Å². The van der Waals surface area contributed by atoms with E-state index in [1.807, 2.05) is 46.9 Å². The van der Waals surface area contributed by atoms with Gasteiger partial charge in [-0.15, -0.1) is 5.10 Å². The molecule has 232 valence electrons. The molecular weight excluding hydrogens is 570 g/mol. The lowest BCUT2D eigenvalue weighted by Crippen LogP contribution is -2.40. The molecule has 2 atom stereocenters. The second-order valence-corrected chi connectivity index (χ2v) is 14.4. The molecule has 2 aliphatic rings. The Morgan fingerprint density at radius 2 is 1.84 bits per heavy atom. The molecule has 0 saturated carbocycles. The lowest BCUT2D eigenvalue weighted by molar-refractivity contribution is 0.0508. The summed E-state index contributed by atoms with van der Waals surface area (Å²) in [5.74, 6) is 0.583. The molecule has 43 heavy (non-hydrogen) atoms. The van der Waals surface area contributed by atoms with Gasteiger partial charge in [0.2, 0.25) is 10.0 Å². The van der Waals surface area contributed by atoms with Gasteiger partial charge >= 0.3 is 6.09 Å². The van der Waals surface area contributed by atoms with Crippen LogP contribution in [0.15, 0.2) is 30.5 Å². The van der Waals surface area contributed by atoms with Crippen LogP contribution >= 0.6 is 0 Å². The highest BCUT2D eigenvalue weighted by atomic mass is 32.2. The fourth-order valence-electron chi connectivity index (χ4n) is 5.80. The highest BCUT2D eigenvalue weighted by molar-refractivity contribution is 7.92. The Bertz CT molecular complexity index is 1650. The van der Waals surface area contributed by atoms with E-state index in [1.54, 1.807) is 27.6 Å². The summed E-state index contributed by atoms with van der Waals surface area (Å²) < 4.78 is 33.7. The number of benzene rings is 1. The number of anilines is 2. The summed E-state index contributed by atoms with van der Waals surface area (Å²) in [6.07, 6.45) is 5.86. The average molecular weight is 612 g/mol. The van der Waals surface area contributed by atoms with Gasteiger partial charge in [-0.2, -0.15) is 0 Å². The number of alkyl carbamates (subject to hydrolysis) is 1. The fourth-order valence-corrected chi connectivity index (χ4v) is 6.38. The molecule has 3 aromatic rings. The predicted octanol–water partition coefficient (Wildman–Crippen LogP) is 4.19. The Morgan fingerprint density at radius 3 is 2.56 bits per heavy atom. The van der Waals surface area contributed by atoms with E-state index in [0.717, 1.165) is 61.1 Å². The molecule has 0 aliphatic carbocycles. The van der Waals surface area contributed by atoms with E-state index in [2.05, 4.69) is 14.9 Å². The summed E-state index contributed by atoms with van der Waals surface area (Å²) in [5.41, 5.74) is 3.29. The third kappa shape index (κ3) is 7.20. The summed E-state index contributed by atoms with van der Waals surface area (Å²) in [4.78, 5) is 35.0. The molecule has 5 rings (SSSR count). The molecule has 0 radical (unpaired) electrons. The number of ether oxygens (including phenoxy) is 1. The minimum Gasteiger partial charge on any atom is -0.444 e. The van der Waals surface area contributed by atoms with Gasteiger partial charge in [-0.25, -0.2) is 22.7 Å². The lowest BCUT2D eigenvalue weighted by atomic mass is 9.98. The lowest BCUT2D eigenvalue weighted by Gasteiger charge is -2.35. The van der Waals surface area contributed by atoms with E-state index in [1.165, 1.54) is 0 Å². The quantitative estimate of drug-likeness (QED) is 0.423. The molecule has 2 aromatic heterocycles. The summed E-state index contributed by atoms with van der Waals surface area (Å²) >= 11 is 0. The monoisotopic (exact) mass is 611 g/mol. The van der Waals surface area contributed by atoms with Crippen molar-refractivity contribution < 1.29 is 22.7 Å². The highest BCUT2D eigenvalue weighted by Gasteiger charge is 2.33. The third-order valence-electron chi connectivity index (χ3n) is 7.65. The number of imidazole rings is 1. The van der Waals surface area contributed by atoms with Crippen molar-refractivity contribution >= 4 is 39.2 Å². The Balaban J connectivity index is 1.38. The number of nitrogens with one attached hydrogen (secondary N) is 2. The van der Waals surface area contributed by atoms with Crippen molar-refractivity contribution in [3.8, 4) is 0 Å². The number of hydrogen-bond donors (Lipinski definition) is 2. The van der Waals surface area contributed by atoms with Gasteiger partial charge in [0.1, 0.15) is 5.60 Å². The molecule has 0 spiro atoms. The van der Waals surface area contributed by atoms with E-state index in [0.29, 0.717) is 24.3 Å². The zero-order valence-corrected chi connectivity index (χ0v) is 26.5. The highest BCUT2D eigenvalue weighted by Crippen LogP contribution is 2.34. The van der Waals surface area contributed by atoms with Gasteiger partial charge in [0.15, 0.2) is 11.5 Å². The minimum absolute atomic E-state index is 0.0457. The van der Waals surface area contributed by atoms with E-state index in [-0.39, 0.29) is 23.7 Å². The van der Waals surface area contributed by atoms with Crippen molar-refractivity contribution in [2.75, 3.05) is 35.5 Å². The van der Waals surface area contributed by atoms with Gasteiger partial charge in [-0.05, 0) is 84.1 Å². The van der Waals surface area contributed by atoms with Crippen LogP contribution in [0.4, 0.5) is 16.3 Å². The van der Waals surface area contributed by atoms with Gasteiger partial charge in [-0.3, -0.25) is 9.52 Å². The SMILES string of the molecule is Cc1ccc(NS(C)(=O)=O)c(C(=O)N2CCCC[C@H]2c2cn3nc(N4CCC(NC(=O)OC(C)(C)C)C4)c(C)cc3n2)c1. The molecule has 2 aliphatic heterocycles. The van der Waals surface area contributed by atoms with Crippen LogP contribution in [0.2, 0.25) is 0 Å². The molecule has 2 fully saturated rings. The number of aryl methyl sites for hydroxylation is 2. The van der Waals surface area contributed by atoms with E-state index in [4.69, 9.17) is 14.8 Å². The maximum atomic E-state index is 13.9. The zero-order chi connectivity index (χ0) is 31.1. The maximum Gasteiger partial charge on any atom is 0.407 e. The van der Waals surface area contributed by atoms with Crippen LogP contribution in [0.5, 0.6) is 0 Å². The Labute approximate surface area is 252 Å². The Hall–Kier alpha value is -3.87. The van der Waals surface area contributed by atoms with Gasteiger partial charge in [0.25, 0.3) is 5.91 Å². The second-order valence-electron chi connectivity index (χ2n) is 12.6. The summed E-state index contributed by atoms with van der Waals surface area (Å²) in [6.45, 7) is 11.3. The molecule has 12 nitrogen and oxygen atoms in total. The topological polar surface area (TPSA) is 138 Å². The molecule has 2 amide bonds. The second kappa shape index (κ2) is 11.7. The minimum atomic E-state index is -3.57. The summed E-state index contributed by atoms with van der Waals surface area (Å²) in [5, 5.41) is 7.86. The van der Waals surface area contributed by atoms with Crippen LogP contribution in [0.25, 0.3) is 5.65 Å². The zero-order valence-electron chi connectivity index (χ0n) is 25.7. The fraction of sp³-hybridized carbons (Fsp3) is 0.533. The number of amides is 2. The Kier molecular flexibility index (Phi) is 8.30. The molecule has 2 saturated heterocycles. The summed E-state index contributed by atoms with van der Waals surface area (Å²) in [7, 11) is -3.57. The van der Waals surface area contributed by atoms with Crippen molar-refractivity contribution in [2.45, 2.75) is 78.0 Å². The van der Waals surface area contributed by atoms with Crippen LogP contribution in [0.3, 0.4) is 0 Å². The number of rotatable bonds is 6. The van der Waals surface area contributed by atoms with Crippen molar-refractivity contribution in [1.29, 1.82) is 0 Å². The number of aromatic nitrogens is 3. The van der Waals surface area contributed by atoms with Gasteiger partial charge in [-0.1, -0.05) is 11.6 Å². The normalized spacial score (nSPS) is 19.5. The first kappa shape index (κ1) is 30.6. The average Bonchev–Trinajstić information content (AvgIpc) is 3.53. The van der Waals surface area contributed by atoms with Crippen LogP contribution < -0.4 is 14.9 Å². The van der Waals surface area contributed by atoms with Gasteiger partial charge in [0.05, 0.1) is 41.5 Å². The van der Waals surface area contributed by atoms with Crippen molar-refractivity contribution in [1.82, 2.24) is 24.8 Å². The number of carbonyl (C=O) groups is 2. The molecule has 1 unspecified atom stereocenters. The standard InChI is InChI=1S/C30H41N7O5S/c1-19-10-11-23(34-43(6,40)41)22(15-19)28(38)36-13-8-7-9-25(36)24-18-37-26(32-24)16-20(2)27(33-37)35-14-12-21(17-35)31-29(39)42-30(3,4)5/h10-11,15-16,18,21,25,34H,7-9,12-14,17H2,1-6H3,(H,31,39)/t21?,25-/m0/s1. The van der Waals surface area contributed by atoms with Crippen molar-refractivity contribution in [3.05, 3.63) is 52.8 Å². The number of carbonyl (C=O) groups excluding carboxylic acids is 2. The van der Waals surface area contributed by atoms with Gasteiger partial charge in [0, 0.05) is 19.6 Å². The van der Waals surface area contributed by atoms with E-state index in [9.17, 15) is 18.0 Å². The van der Waals surface area contributed by atoms with Crippen molar-refractivity contribution in [3.63, 3.8) is 0 Å². The predicted molar refractivity (Wildman–Crippen MR) is 165 cm³/mol. The first-order valence-corrected chi connectivity index (χ1v) is 16.6. The molecule has 4 heterocycles. The van der Waals surface area contributed by atoms with E-state index < -0.39 is 21.7 Å². The number of fused-ring (bicyclic) bond motifs is 1. The van der Waals surface area contributed by atoms with E-state index >= 15 is 0 Å². The molecule has 2 N–H and O–H groups in total. The first-order valence-electron chi connectivity index (χ1n) is 14.7. The number of hydrogen-bond acceptors (Lipinski definition) is 8. The number of likely N-dealkylation sites (tertiary alicyclic amines) is 1. The van der Waals surface area contributed by atoms with Crippen LogP contribution in [0, 0.1) is 13.8 Å². The van der Waals surface area contributed by atoms with Crippen LogP contribution in [-0.2, 0) is 14.8 Å². The first-order chi connectivity index (χ1) is 20.2. The largest absolute Gasteiger partial charge is 0.444 e. The Morgan fingerprint density at radius 1 is 1.07 bits per heavy atom. The number of piperidine rings is 1. The maximum absolute atomic E-state index is 13.9. The van der Waals surface area contributed by atoms with Crippen molar-refractivity contribution in [2.24, 2.45) is 0 Å². The van der Waals surface area contributed by atoms with Gasteiger partial charge < -0.3 is 19.9 Å². The molecule has 13 heteroatoms. The third-order valence-corrected chi connectivity index (χ3v) is 8.24. The number of sulfonamides is 1. The summed E-state index contributed by atoms with van der Waals surface area (Å²) in [6, 6.07) is 6.81. The van der Waals surface area contributed by atoms with Crippen LogP contribution in [0.1, 0.15) is 79.7 Å². The smallest absolute Gasteiger partial charge is 0.407 e. The molecule has 0 bridgehead atoms. The molecule has 1 aromatic carbocycles. The number of nitrogens with zero attached hydrogens (tertiary/aromatic N) is 5. The molecular formula is C30H41N7O5S.